The van der Waals surface area contributed by atoms with E-state index in [1.165, 1.54) is 23.5 Å². The number of carbonyl (C=O) groups is 2. The molecule has 1 unspecified atom stereocenters. The maximum absolute atomic E-state index is 12.5. The van der Waals surface area contributed by atoms with Gasteiger partial charge in [-0.1, -0.05) is 40.6 Å². The third-order valence-electron chi connectivity index (χ3n) is 4.89. The molecule has 1 aliphatic heterocycles. The molecule has 0 radical (unpaired) electrons. The van der Waals surface area contributed by atoms with Gasteiger partial charge in [0.15, 0.2) is 0 Å². The molecule has 1 N–H and O–H groups in total. The average molecular weight is 458 g/mol. The molecular formula is C20H16ClN5O4S. The number of nitrogens with zero attached hydrogens (tertiary/aromatic N) is 4. The van der Waals surface area contributed by atoms with Crippen molar-refractivity contribution in [2.45, 2.75) is 19.3 Å². The monoisotopic (exact) mass is 457 g/mol. The van der Waals surface area contributed by atoms with Gasteiger partial charge in [0.05, 0.1) is 4.92 Å². The number of halogens is 1. The third-order valence-corrected chi connectivity index (χ3v) is 6.21. The third kappa shape index (κ3) is 4.39. The van der Waals surface area contributed by atoms with Crippen LogP contribution in [-0.4, -0.2) is 33.5 Å². The molecule has 9 nitrogen and oxygen atoms in total. The first-order valence-electron chi connectivity index (χ1n) is 9.27. The lowest BCUT2D eigenvalue weighted by atomic mass is 10.1. The van der Waals surface area contributed by atoms with Gasteiger partial charge in [-0.2, -0.15) is 0 Å². The molecule has 3 aromatic rings. The average Bonchev–Trinajstić information content (AvgIpc) is 3.35. The van der Waals surface area contributed by atoms with E-state index in [9.17, 15) is 19.7 Å². The Labute approximate surface area is 185 Å². The lowest BCUT2D eigenvalue weighted by molar-refractivity contribution is -0.384. The van der Waals surface area contributed by atoms with Gasteiger partial charge in [-0.05, 0) is 31.2 Å². The van der Waals surface area contributed by atoms with Crippen LogP contribution in [0.15, 0.2) is 42.5 Å². The van der Waals surface area contributed by atoms with E-state index in [1.54, 1.807) is 4.90 Å². The number of aromatic nitrogens is 2. The predicted molar refractivity (Wildman–Crippen MR) is 117 cm³/mol. The second kappa shape index (κ2) is 8.40. The van der Waals surface area contributed by atoms with E-state index >= 15 is 0 Å². The van der Waals surface area contributed by atoms with Gasteiger partial charge in [-0.3, -0.25) is 25.0 Å². The van der Waals surface area contributed by atoms with Crippen LogP contribution in [0.5, 0.6) is 0 Å². The van der Waals surface area contributed by atoms with Crippen LogP contribution in [0.3, 0.4) is 0 Å². The Morgan fingerprint density at radius 3 is 2.71 bits per heavy atom. The summed E-state index contributed by atoms with van der Waals surface area (Å²) in [4.78, 5) is 37.0. The number of nitro benzene ring substituents is 1. The largest absolute Gasteiger partial charge is 0.312 e. The van der Waals surface area contributed by atoms with Gasteiger partial charge in [0.1, 0.15) is 10.0 Å². The summed E-state index contributed by atoms with van der Waals surface area (Å²) in [6.45, 7) is 2.46. The van der Waals surface area contributed by atoms with Crippen molar-refractivity contribution in [2.24, 2.45) is 0 Å². The lowest BCUT2D eigenvalue weighted by Crippen LogP contribution is -2.24. The number of nitro groups is 1. The van der Waals surface area contributed by atoms with Crippen LogP contribution >= 0.6 is 22.9 Å². The molecule has 1 saturated heterocycles. The van der Waals surface area contributed by atoms with Crippen molar-refractivity contribution in [3.05, 3.63) is 73.7 Å². The molecular weight excluding hydrogens is 442 g/mol. The smallest absolute Gasteiger partial charge is 0.288 e. The summed E-state index contributed by atoms with van der Waals surface area (Å²) in [5.41, 5.74) is 1.67. The van der Waals surface area contributed by atoms with Gasteiger partial charge in [-0.25, -0.2) is 0 Å². The Morgan fingerprint density at radius 2 is 2.00 bits per heavy atom. The molecule has 0 aliphatic carbocycles. The number of anilines is 2. The van der Waals surface area contributed by atoms with E-state index < -0.39 is 10.8 Å². The first kappa shape index (κ1) is 20.9. The Morgan fingerprint density at radius 1 is 1.26 bits per heavy atom. The summed E-state index contributed by atoms with van der Waals surface area (Å²) in [6.07, 6.45) is 0.305. The molecule has 2 aromatic carbocycles. The highest BCUT2D eigenvalue weighted by atomic mass is 35.5. The number of hydrogen-bond donors (Lipinski definition) is 1. The van der Waals surface area contributed by atoms with E-state index in [0.29, 0.717) is 18.0 Å². The quantitative estimate of drug-likeness (QED) is 0.453. The first-order chi connectivity index (χ1) is 14.8. The highest BCUT2D eigenvalue weighted by molar-refractivity contribution is 7.15. The fraction of sp³-hybridized carbons (Fsp3) is 0.200. The number of hydrogen-bond acceptors (Lipinski definition) is 7. The summed E-state index contributed by atoms with van der Waals surface area (Å²) in [6, 6.07) is 11.5. The zero-order valence-electron chi connectivity index (χ0n) is 16.2. The van der Waals surface area contributed by atoms with Crippen LogP contribution in [-0.2, 0) is 4.79 Å². The van der Waals surface area contributed by atoms with Crippen molar-refractivity contribution in [3.8, 4) is 0 Å². The summed E-state index contributed by atoms with van der Waals surface area (Å²) in [5.74, 6) is -0.692. The maximum atomic E-state index is 12.5. The van der Waals surface area contributed by atoms with Crippen LogP contribution in [0.1, 0.15) is 33.3 Å². The molecule has 2 amide bonds. The molecule has 1 atom stereocenters. The van der Waals surface area contributed by atoms with Crippen molar-refractivity contribution >= 4 is 51.3 Å². The van der Waals surface area contributed by atoms with Gasteiger partial charge in [0.2, 0.25) is 11.0 Å². The Hall–Kier alpha value is -3.37. The normalized spacial score (nSPS) is 15.9. The van der Waals surface area contributed by atoms with E-state index in [0.717, 1.165) is 17.3 Å². The molecule has 0 saturated carbocycles. The Kier molecular flexibility index (Phi) is 5.66. The molecule has 1 aliphatic rings. The zero-order chi connectivity index (χ0) is 22.1. The van der Waals surface area contributed by atoms with Crippen LogP contribution in [0.4, 0.5) is 16.5 Å². The van der Waals surface area contributed by atoms with Crippen molar-refractivity contribution < 1.29 is 14.5 Å². The highest BCUT2D eigenvalue weighted by Gasteiger charge is 2.34. The minimum absolute atomic E-state index is 0.00288. The van der Waals surface area contributed by atoms with E-state index in [2.05, 4.69) is 15.5 Å². The number of rotatable bonds is 5. The van der Waals surface area contributed by atoms with Crippen LogP contribution in [0, 0.1) is 17.0 Å². The van der Waals surface area contributed by atoms with Gasteiger partial charge in [-0.15, -0.1) is 10.2 Å². The molecule has 11 heteroatoms. The number of benzene rings is 2. The van der Waals surface area contributed by atoms with E-state index in [-0.39, 0.29) is 33.2 Å². The van der Waals surface area contributed by atoms with Crippen LogP contribution in [0.2, 0.25) is 5.02 Å². The maximum Gasteiger partial charge on any atom is 0.288 e. The second-order valence-corrected chi connectivity index (χ2v) is 8.48. The van der Waals surface area contributed by atoms with Crippen molar-refractivity contribution in [2.75, 3.05) is 16.8 Å². The van der Waals surface area contributed by atoms with Crippen molar-refractivity contribution in [1.29, 1.82) is 0 Å². The fourth-order valence-electron chi connectivity index (χ4n) is 3.26. The first-order valence-corrected chi connectivity index (χ1v) is 10.5. The summed E-state index contributed by atoms with van der Waals surface area (Å²) < 4.78 is 0. The molecule has 31 heavy (non-hydrogen) atoms. The minimum Gasteiger partial charge on any atom is -0.312 e. The van der Waals surface area contributed by atoms with Crippen LogP contribution < -0.4 is 10.2 Å². The molecule has 1 fully saturated rings. The van der Waals surface area contributed by atoms with Gasteiger partial charge in [0, 0.05) is 36.2 Å². The molecule has 4 rings (SSSR count). The van der Waals surface area contributed by atoms with Gasteiger partial charge >= 0.3 is 0 Å². The lowest BCUT2D eigenvalue weighted by Gasteiger charge is -2.16. The number of nitrogens with one attached hydrogen (secondary N) is 1. The predicted octanol–water partition coefficient (Wildman–Crippen LogP) is 4.18. The van der Waals surface area contributed by atoms with E-state index in [4.69, 9.17) is 11.6 Å². The van der Waals surface area contributed by atoms with Crippen molar-refractivity contribution in [3.63, 3.8) is 0 Å². The SMILES string of the molecule is Cc1ccc(N2CC(c3nnc(NC(=O)c4ccc(Cl)c([N+](=O)[O-])c4)s3)CC2=O)cc1. The highest BCUT2D eigenvalue weighted by Crippen LogP contribution is 2.34. The Bertz CT molecular complexity index is 1180. The zero-order valence-corrected chi connectivity index (χ0v) is 17.8. The summed E-state index contributed by atoms with van der Waals surface area (Å²) >= 11 is 6.96. The molecule has 2 heterocycles. The summed E-state index contributed by atoms with van der Waals surface area (Å²) in [7, 11) is 0. The topological polar surface area (TPSA) is 118 Å². The van der Waals surface area contributed by atoms with Crippen LogP contribution in [0.25, 0.3) is 0 Å². The standard InChI is InChI=1S/C20H16ClN5O4S/c1-11-2-5-14(6-3-11)25-10-13(9-17(25)27)19-23-24-20(31-19)22-18(28)12-4-7-15(21)16(8-12)26(29)30/h2-8,13H,9-10H2,1H3,(H,22,24,28). The summed E-state index contributed by atoms with van der Waals surface area (Å²) in [5, 5.41) is 22.6. The Balaban J connectivity index is 1.46. The fourth-order valence-corrected chi connectivity index (χ4v) is 4.28. The molecule has 158 valence electrons. The van der Waals surface area contributed by atoms with Gasteiger partial charge < -0.3 is 4.90 Å². The number of carbonyl (C=O) groups excluding carboxylic acids is 2. The molecule has 0 bridgehead atoms. The number of aryl methyl sites for hydroxylation is 1. The second-order valence-electron chi connectivity index (χ2n) is 7.06. The van der Waals surface area contributed by atoms with Crippen molar-refractivity contribution in [1.82, 2.24) is 10.2 Å². The van der Waals surface area contributed by atoms with E-state index in [1.807, 2.05) is 31.2 Å². The minimum atomic E-state index is -0.654. The molecule has 1 aromatic heterocycles. The number of amides is 2. The molecule has 0 spiro atoms. The van der Waals surface area contributed by atoms with Gasteiger partial charge in [0.25, 0.3) is 11.6 Å².